The number of anilines is 1. The maximum atomic E-state index is 12.5. The minimum atomic E-state index is -0.624. The van der Waals surface area contributed by atoms with Crippen molar-refractivity contribution in [1.29, 1.82) is 0 Å². The van der Waals surface area contributed by atoms with E-state index in [2.05, 4.69) is 10.6 Å². The summed E-state index contributed by atoms with van der Waals surface area (Å²) in [6.45, 7) is 0.300. The number of nitrogens with two attached hydrogens (primary N) is 1. The molecule has 8 nitrogen and oxygen atoms in total. The zero-order chi connectivity index (χ0) is 21.7. The first-order valence-corrected chi connectivity index (χ1v) is 9.71. The van der Waals surface area contributed by atoms with E-state index in [0.717, 1.165) is 5.56 Å². The molecule has 0 aromatic heterocycles. The van der Waals surface area contributed by atoms with Crippen LogP contribution < -0.4 is 21.3 Å². The average Bonchev–Trinajstić information content (AvgIpc) is 3.12. The van der Waals surface area contributed by atoms with E-state index in [0.29, 0.717) is 16.3 Å². The number of para-hydroxylation sites is 1. The first-order chi connectivity index (χ1) is 14.3. The second-order valence-corrected chi connectivity index (χ2v) is 7.33. The van der Waals surface area contributed by atoms with E-state index in [1.54, 1.807) is 48.5 Å². The van der Waals surface area contributed by atoms with Crippen molar-refractivity contribution in [2.75, 3.05) is 18.0 Å². The molecule has 1 heterocycles. The summed E-state index contributed by atoms with van der Waals surface area (Å²) in [7, 11) is 0. The van der Waals surface area contributed by atoms with Crippen LogP contribution in [0.25, 0.3) is 0 Å². The summed E-state index contributed by atoms with van der Waals surface area (Å²) in [5, 5.41) is 5.69. The number of halogens is 1. The molecule has 2 aromatic carbocycles. The first-order valence-electron chi connectivity index (χ1n) is 9.33. The smallest absolute Gasteiger partial charge is 0.251 e. The van der Waals surface area contributed by atoms with E-state index < -0.39 is 17.7 Å². The zero-order valence-electron chi connectivity index (χ0n) is 16.1. The minimum Gasteiger partial charge on any atom is -0.368 e. The van der Waals surface area contributed by atoms with Gasteiger partial charge in [0.2, 0.25) is 17.7 Å². The monoisotopic (exact) mass is 428 g/mol. The van der Waals surface area contributed by atoms with Crippen LogP contribution in [0.4, 0.5) is 5.69 Å². The Balaban J connectivity index is 1.53. The van der Waals surface area contributed by atoms with Crippen LogP contribution in [-0.4, -0.2) is 36.7 Å². The van der Waals surface area contributed by atoms with E-state index in [4.69, 9.17) is 17.3 Å². The molecule has 0 aliphatic carbocycles. The van der Waals surface area contributed by atoms with E-state index >= 15 is 0 Å². The van der Waals surface area contributed by atoms with Crippen molar-refractivity contribution < 1.29 is 19.2 Å². The molecule has 1 aliphatic heterocycles. The second kappa shape index (κ2) is 9.41. The predicted octanol–water partition coefficient (Wildman–Crippen LogP) is 1.22. The third-order valence-corrected chi connectivity index (χ3v) is 5.06. The lowest BCUT2D eigenvalue weighted by Gasteiger charge is -2.18. The number of rotatable bonds is 7. The maximum Gasteiger partial charge on any atom is 0.251 e. The van der Waals surface area contributed by atoms with E-state index in [1.165, 1.54) is 4.90 Å². The number of primary amides is 1. The largest absolute Gasteiger partial charge is 0.368 e. The predicted molar refractivity (Wildman–Crippen MR) is 112 cm³/mol. The second-order valence-electron chi connectivity index (χ2n) is 6.92. The van der Waals surface area contributed by atoms with Gasteiger partial charge in [0, 0.05) is 25.1 Å². The van der Waals surface area contributed by atoms with Gasteiger partial charge in [0.1, 0.15) is 0 Å². The molecule has 1 fully saturated rings. The molecule has 156 valence electrons. The highest BCUT2D eigenvalue weighted by Crippen LogP contribution is 2.31. The highest BCUT2D eigenvalue weighted by atomic mass is 35.5. The average molecular weight is 429 g/mol. The van der Waals surface area contributed by atoms with Crippen LogP contribution in [0.2, 0.25) is 5.02 Å². The highest BCUT2D eigenvalue weighted by molar-refractivity contribution is 6.33. The number of nitrogens with one attached hydrogen (secondary N) is 2. The fraction of sp³-hybridized carbons (Fsp3) is 0.238. The Hall–Kier alpha value is -3.39. The Labute approximate surface area is 178 Å². The number of benzene rings is 2. The molecule has 4 N–H and O–H groups in total. The van der Waals surface area contributed by atoms with Gasteiger partial charge in [-0.3, -0.25) is 19.2 Å². The molecule has 0 radical (unpaired) electrons. The summed E-state index contributed by atoms with van der Waals surface area (Å²) in [6, 6.07) is 13.6. The number of carbonyl (C=O) groups excluding carboxylic acids is 4. The van der Waals surface area contributed by atoms with Gasteiger partial charge in [0.05, 0.1) is 23.2 Å². The number of hydrogen-bond donors (Lipinski definition) is 3. The fourth-order valence-corrected chi connectivity index (χ4v) is 3.40. The maximum absolute atomic E-state index is 12.5. The molecule has 1 atom stereocenters. The SMILES string of the molecule is NC(=O)CNC(=O)c1ccc(CNC(=O)C2CC(=O)N(c3ccccc3Cl)C2)cc1. The number of nitrogens with zero attached hydrogens (tertiary/aromatic N) is 1. The van der Waals surface area contributed by atoms with E-state index in [-0.39, 0.29) is 37.9 Å². The molecule has 9 heteroatoms. The number of carbonyl (C=O) groups is 4. The van der Waals surface area contributed by atoms with Crippen molar-refractivity contribution in [3.63, 3.8) is 0 Å². The summed E-state index contributed by atoms with van der Waals surface area (Å²) in [6.07, 6.45) is 0.121. The molecular formula is C21H21ClN4O4. The molecule has 30 heavy (non-hydrogen) atoms. The van der Waals surface area contributed by atoms with Gasteiger partial charge in [-0.1, -0.05) is 35.9 Å². The molecule has 0 saturated carbocycles. The van der Waals surface area contributed by atoms with Gasteiger partial charge in [0.25, 0.3) is 5.91 Å². The molecule has 1 unspecified atom stereocenters. The van der Waals surface area contributed by atoms with Crippen LogP contribution in [-0.2, 0) is 20.9 Å². The van der Waals surface area contributed by atoms with Gasteiger partial charge in [0.15, 0.2) is 0 Å². The summed E-state index contributed by atoms with van der Waals surface area (Å²) in [5.74, 6) is -1.86. The fourth-order valence-electron chi connectivity index (χ4n) is 3.16. The van der Waals surface area contributed by atoms with Crippen molar-refractivity contribution in [2.45, 2.75) is 13.0 Å². The van der Waals surface area contributed by atoms with Crippen molar-refractivity contribution in [3.8, 4) is 0 Å². The Morgan fingerprint density at radius 2 is 1.77 bits per heavy atom. The Morgan fingerprint density at radius 3 is 2.43 bits per heavy atom. The zero-order valence-corrected chi connectivity index (χ0v) is 16.8. The molecule has 0 spiro atoms. The van der Waals surface area contributed by atoms with Crippen LogP contribution in [0.3, 0.4) is 0 Å². The lowest BCUT2D eigenvalue weighted by molar-refractivity contribution is -0.126. The van der Waals surface area contributed by atoms with Crippen LogP contribution in [0, 0.1) is 5.92 Å². The molecule has 3 rings (SSSR count). The van der Waals surface area contributed by atoms with Crippen LogP contribution >= 0.6 is 11.6 Å². The topological polar surface area (TPSA) is 122 Å². The van der Waals surface area contributed by atoms with Crippen LogP contribution in [0.5, 0.6) is 0 Å². The van der Waals surface area contributed by atoms with Crippen molar-refractivity contribution in [1.82, 2.24) is 10.6 Å². The quantitative estimate of drug-likeness (QED) is 0.613. The van der Waals surface area contributed by atoms with E-state index in [1.807, 2.05) is 0 Å². The van der Waals surface area contributed by atoms with E-state index in [9.17, 15) is 19.2 Å². The highest BCUT2D eigenvalue weighted by Gasteiger charge is 2.35. The summed E-state index contributed by atoms with van der Waals surface area (Å²) in [5.41, 5.74) is 6.77. The van der Waals surface area contributed by atoms with Crippen molar-refractivity contribution in [3.05, 3.63) is 64.7 Å². The van der Waals surface area contributed by atoms with Crippen molar-refractivity contribution >= 4 is 40.9 Å². The Bertz CT molecular complexity index is 977. The first kappa shape index (κ1) is 21.3. The van der Waals surface area contributed by atoms with Gasteiger partial charge in [-0.15, -0.1) is 0 Å². The molecular weight excluding hydrogens is 408 g/mol. The van der Waals surface area contributed by atoms with Gasteiger partial charge in [-0.25, -0.2) is 0 Å². The third-order valence-electron chi connectivity index (χ3n) is 4.75. The van der Waals surface area contributed by atoms with Gasteiger partial charge < -0.3 is 21.3 Å². The minimum absolute atomic E-state index is 0.121. The molecule has 1 aliphatic rings. The van der Waals surface area contributed by atoms with Crippen molar-refractivity contribution in [2.24, 2.45) is 11.7 Å². The van der Waals surface area contributed by atoms with Gasteiger partial charge in [-0.05, 0) is 29.8 Å². The normalized spacial score (nSPS) is 15.7. The lowest BCUT2D eigenvalue weighted by Crippen LogP contribution is -2.33. The standard InChI is InChI=1S/C21H21ClN4O4/c22-16-3-1-2-4-17(16)26-12-15(9-19(26)28)21(30)24-10-13-5-7-14(8-6-13)20(29)25-11-18(23)27/h1-8,15H,9-12H2,(H2,23,27)(H,24,30)(H,25,29). The molecule has 1 saturated heterocycles. The van der Waals surface area contributed by atoms with Crippen LogP contribution in [0.15, 0.2) is 48.5 Å². The van der Waals surface area contributed by atoms with Gasteiger partial charge in [-0.2, -0.15) is 0 Å². The number of amides is 4. The Morgan fingerprint density at radius 1 is 1.07 bits per heavy atom. The van der Waals surface area contributed by atoms with Crippen LogP contribution in [0.1, 0.15) is 22.3 Å². The lowest BCUT2D eigenvalue weighted by atomic mass is 10.1. The molecule has 2 aromatic rings. The third kappa shape index (κ3) is 5.15. The Kier molecular flexibility index (Phi) is 6.68. The summed E-state index contributed by atoms with van der Waals surface area (Å²) in [4.78, 5) is 49.0. The summed E-state index contributed by atoms with van der Waals surface area (Å²) >= 11 is 6.16. The molecule has 4 amide bonds. The van der Waals surface area contributed by atoms with Gasteiger partial charge >= 0.3 is 0 Å². The number of hydrogen-bond acceptors (Lipinski definition) is 4. The molecule has 0 bridgehead atoms. The summed E-state index contributed by atoms with van der Waals surface area (Å²) < 4.78 is 0.